The molecule has 0 aliphatic carbocycles. The van der Waals surface area contributed by atoms with Gasteiger partial charge in [-0.1, -0.05) is 12.6 Å². The van der Waals surface area contributed by atoms with Gasteiger partial charge in [-0.05, 0) is 24.6 Å². The maximum Gasteiger partial charge on any atom is 0.255 e. The number of amides is 1. The SMILES string of the molecule is C=C(C)COc1cccc(F)c1C(N)=O. The van der Waals surface area contributed by atoms with Crippen LogP contribution in [0.15, 0.2) is 30.4 Å². The van der Waals surface area contributed by atoms with Gasteiger partial charge in [-0.3, -0.25) is 4.79 Å². The minimum Gasteiger partial charge on any atom is -0.488 e. The van der Waals surface area contributed by atoms with Crippen molar-refractivity contribution in [3.8, 4) is 5.75 Å². The van der Waals surface area contributed by atoms with Gasteiger partial charge in [-0.15, -0.1) is 0 Å². The Labute approximate surface area is 87.3 Å². The van der Waals surface area contributed by atoms with E-state index in [1.807, 2.05) is 0 Å². The van der Waals surface area contributed by atoms with E-state index in [0.717, 1.165) is 11.6 Å². The fourth-order valence-electron chi connectivity index (χ4n) is 1.06. The zero-order valence-electron chi connectivity index (χ0n) is 8.42. The summed E-state index contributed by atoms with van der Waals surface area (Å²) in [6.07, 6.45) is 0. The van der Waals surface area contributed by atoms with Gasteiger partial charge in [0.25, 0.3) is 5.91 Å². The Kier molecular flexibility index (Phi) is 3.44. The predicted molar refractivity (Wildman–Crippen MR) is 55.2 cm³/mol. The lowest BCUT2D eigenvalue weighted by molar-refractivity contribution is 0.0992. The van der Waals surface area contributed by atoms with E-state index in [-0.39, 0.29) is 17.9 Å². The van der Waals surface area contributed by atoms with Crippen molar-refractivity contribution < 1.29 is 13.9 Å². The van der Waals surface area contributed by atoms with Crippen LogP contribution in [-0.4, -0.2) is 12.5 Å². The molecule has 0 bridgehead atoms. The van der Waals surface area contributed by atoms with E-state index >= 15 is 0 Å². The van der Waals surface area contributed by atoms with Gasteiger partial charge in [-0.25, -0.2) is 4.39 Å². The number of carbonyl (C=O) groups is 1. The monoisotopic (exact) mass is 209 g/mol. The summed E-state index contributed by atoms with van der Waals surface area (Å²) in [5.41, 5.74) is 5.59. The molecule has 1 amide bonds. The topological polar surface area (TPSA) is 52.3 Å². The first-order valence-corrected chi connectivity index (χ1v) is 4.38. The summed E-state index contributed by atoms with van der Waals surface area (Å²) in [6.45, 7) is 5.63. The summed E-state index contributed by atoms with van der Waals surface area (Å²) >= 11 is 0. The number of nitrogens with two attached hydrogens (primary N) is 1. The zero-order chi connectivity index (χ0) is 11.4. The number of hydrogen-bond acceptors (Lipinski definition) is 2. The van der Waals surface area contributed by atoms with Crippen LogP contribution in [0, 0.1) is 5.82 Å². The summed E-state index contributed by atoms with van der Waals surface area (Å²) in [5, 5.41) is 0. The van der Waals surface area contributed by atoms with E-state index < -0.39 is 11.7 Å². The number of benzene rings is 1. The molecule has 0 heterocycles. The molecule has 1 aromatic rings. The summed E-state index contributed by atoms with van der Waals surface area (Å²) in [7, 11) is 0. The first-order chi connectivity index (χ1) is 7.02. The van der Waals surface area contributed by atoms with Crippen LogP contribution in [0.4, 0.5) is 4.39 Å². The second-order valence-electron chi connectivity index (χ2n) is 3.22. The molecule has 0 aliphatic rings. The largest absolute Gasteiger partial charge is 0.488 e. The quantitative estimate of drug-likeness (QED) is 0.770. The van der Waals surface area contributed by atoms with Crippen molar-refractivity contribution >= 4 is 5.91 Å². The van der Waals surface area contributed by atoms with Crippen LogP contribution < -0.4 is 10.5 Å². The Morgan fingerprint density at radius 2 is 2.27 bits per heavy atom. The second kappa shape index (κ2) is 4.59. The number of hydrogen-bond donors (Lipinski definition) is 1. The lowest BCUT2D eigenvalue weighted by Crippen LogP contribution is -2.15. The van der Waals surface area contributed by atoms with Crippen LogP contribution in [0.3, 0.4) is 0 Å². The number of primary amides is 1. The van der Waals surface area contributed by atoms with Crippen LogP contribution in [0.2, 0.25) is 0 Å². The third-order valence-corrected chi connectivity index (χ3v) is 1.70. The molecule has 0 radical (unpaired) electrons. The highest BCUT2D eigenvalue weighted by molar-refractivity contribution is 5.95. The molecule has 1 rings (SSSR count). The minimum absolute atomic E-state index is 0.144. The zero-order valence-corrected chi connectivity index (χ0v) is 8.42. The number of carbonyl (C=O) groups excluding carboxylic acids is 1. The van der Waals surface area contributed by atoms with Crippen molar-refractivity contribution in [2.75, 3.05) is 6.61 Å². The predicted octanol–water partition coefficient (Wildman–Crippen LogP) is 1.88. The van der Waals surface area contributed by atoms with Crippen LogP contribution >= 0.6 is 0 Å². The molecule has 0 saturated carbocycles. The maximum atomic E-state index is 13.2. The molecule has 4 heteroatoms. The van der Waals surface area contributed by atoms with Gasteiger partial charge in [0, 0.05) is 0 Å². The third kappa shape index (κ3) is 2.80. The Morgan fingerprint density at radius 3 is 2.80 bits per heavy atom. The van der Waals surface area contributed by atoms with E-state index in [2.05, 4.69) is 6.58 Å². The summed E-state index contributed by atoms with van der Waals surface area (Å²) in [6, 6.07) is 4.11. The summed E-state index contributed by atoms with van der Waals surface area (Å²) in [4.78, 5) is 11.0. The number of ether oxygens (including phenoxy) is 1. The van der Waals surface area contributed by atoms with Crippen molar-refractivity contribution in [2.24, 2.45) is 5.73 Å². The van der Waals surface area contributed by atoms with Gasteiger partial charge < -0.3 is 10.5 Å². The van der Waals surface area contributed by atoms with E-state index in [1.165, 1.54) is 12.1 Å². The van der Waals surface area contributed by atoms with E-state index in [0.29, 0.717) is 0 Å². The van der Waals surface area contributed by atoms with E-state index in [1.54, 1.807) is 6.92 Å². The van der Waals surface area contributed by atoms with Gasteiger partial charge in [0.1, 0.15) is 23.7 Å². The molecule has 0 unspecified atom stereocenters. The van der Waals surface area contributed by atoms with Gasteiger partial charge in [0.2, 0.25) is 0 Å². The molecule has 2 N–H and O–H groups in total. The third-order valence-electron chi connectivity index (χ3n) is 1.70. The Bertz CT molecular complexity index is 402. The van der Waals surface area contributed by atoms with Crippen molar-refractivity contribution in [1.82, 2.24) is 0 Å². The molecule has 3 nitrogen and oxygen atoms in total. The van der Waals surface area contributed by atoms with Crippen molar-refractivity contribution in [3.63, 3.8) is 0 Å². The van der Waals surface area contributed by atoms with Crippen molar-refractivity contribution in [1.29, 1.82) is 0 Å². The highest BCUT2D eigenvalue weighted by atomic mass is 19.1. The molecule has 1 aromatic carbocycles. The Hall–Kier alpha value is -1.84. The molecule has 0 aromatic heterocycles. The lowest BCUT2D eigenvalue weighted by Gasteiger charge is -2.09. The first-order valence-electron chi connectivity index (χ1n) is 4.38. The van der Waals surface area contributed by atoms with Crippen LogP contribution in [0.25, 0.3) is 0 Å². The fourth-order valence-corrected chi connectivity index (χ4v) is 1.06. The van der Waals surface area contributed by atoms with Crippen LogP contribution in [-0.2, 0) is 0 Å². The Morgan fingerprint density at radius 1 is 1.60 bits per heavy atom. The average molecular weight is 209 g/mol. The lowest BCUT2D eigenvalue weighted by atomic mass is 10.2. The van der Waals surface area contributed by atoms with E-state index in [9.17, 15) is 9.18 Å². The fraction of sp³-hybridized carbons (Fsp3) is 0.182. The molecule has 0 aliphatic heterocycles. The maximum absolute atomic E-state index is 13.2. The second-order valence-corrected chi connectivity index (χ2v) is 3.22. The highest BCUT2D eigenvalue weighted by Gasteiger charge is 2.14. The minimum atomic E-state index is -0.843. The first kappa shape index (κ1) is 11.2. The molecule has 0 spiro atoms. The van der Waals surface area contributed by atoms with E-state index in [4.69, 9.17) is 10.5 Å². The normalized spacial score (nSPS) is 9.73. The average Bonchev–Trinajstić information content (AvgIpc) is 2.13. The van der Waals surface area contributed by atoms with Gasteiger partial charge in [0.15, 0.2) is 0 Å². The van der Waals surface area contributed by atoms with Crippen LogP contribution in [0.5, 0.6) is 5.75 Å². The van der Waals surface area contributed by atoms with Crippen molar-refractivity contribution in [2.45, 2.75) is 6.92 Å². The van der Waals surface area contributed by atoms with Gasteiger partial charge in [0.05, 0.1) is 0 Å². The summed E-state index contributed by atoms with van der Waals surface area (Å²) < 4.78 is 18.4. The molecular formula is C11H12FNO2. The number of halogens is 1. The molecule has 80 valence electrons. The smallest absolute Gasteiger partial charge is 0.255 e. The molecule has 0 fully saturated rings. The Balaban J connectivity index is 3.01. The molecule has 15 heavy (non-hydrogen) atoms. The van der Waals surface area contributed by atoms with Crippen molar-refractivity contribution in [3.05, 3.63) is 41.7 Å². The number of rotatable bonds is 4. The highest BCUT2D eigenvalue weighted by Crippen LogP contribution is 2.21. The molecular weight excluding hydrogens is 197 g/mol. The van der Waals surface area contributed by atoms with Crippen LogP contribution in [0.1, 0.15) is 17.3 Å². The molecule has 0 saturated heterocycles. The van der Waals surface area contributed by atoms with Gasteiger partial charge >= 0.3 is 0 Å². The standard InChI is InChI=1S/C11H12FNO2/c1-7(2)6-15-9-5-3-4-8(12)10(9)11(13)14/h3-5H,1,6H2,2H3,(H2,13,14). The molecule has 0 atom stereocenters. The summed E-state index contributed by atoms with van der Waals surface area (Å²) in [5.74, 6) is -1.38. The van der Waals surface area contributed by atoms with Gasteiger partial charge in [-0.2, -0.15) is 0 Å².